The first kappa shape index (κ1) is 19.4. The van der Waals surface area contributed by atoms with E-state index in [9.17, 15) is 21.6 Å². The van der Waals surface area contributed by atoms with Crippen molar-refractivity contribution in [2.75, 3.05) is 0 Å². The van der Waals surface area contributed by atoms with Crippen LogP contribution in [0.15, 0.2) is 60.7 Å². The van der Waals surface area contributed by atoms with Gasteiger partial charge in [0, 0.05) is 0 Å². The zero-order chi connectivity index (χ0) is 21.3. The molecule has 3 nitrogen and oxygen atoms in total. The SMILES string of the molecule is Cc1ccc2c(ccc3c4ccc5cc(OS(=O)(=O)C(F)(F)F)ccc5c4[se]c23)c1. The number of hydrogen-bond donors (Lipinski definition) is 0. The van der Waals surface area contributed by atoms with Gasteiger partial charge in [0.1, 0.15) is 0 Å². The fourth-order valence-electron chi connectivity index (χ4n) is 3.67. The van der Waals surface area contributed by atoms with Crippen molar-refractivity contribution in [2.45, 2.75) is 12.4 Å². The zero-order valence-corrected chi connectivity index (χ0v) is 18.0. The second-order valence-electron chi connectivity index (χ2n) is 7.08. The molecule has 0 bridgehead atoms. The van der Waals surface area contributed by atoms with Gasteiger partial charge in [-0.1, -0.05) is 0 Å². The number of benzene rings is 4. The summed E-state index contributed by atoms with van der Waals surface area (Å²) >= 11 is 0.0133. The Morgan fingerprint density at radius 2 is 1.30 bits per heavy atom. The Bertz CT molecular complexity index is 1580. The van der Waals surface area contributed by atoms with Gasteiger partial charge in [-0.3, -0.25) is 0 Å². The van der Waals surface area contributed by atoms with Gasteiger partial charge < -0.3 is 0 Å². The van der Waals surface area contributed by atoms with Gasteiger partial charge in [-0.05, 0) is 0 Å². The van der Waals surface area contributed by atoms with Gasteiger partial charge in [-0.25, -0.2) is 0 Å². The maximum atomic E-state index is 12.6. The van der Waals surface area contributed by atoms with Gasteiger partial charge in [-0.2, -0.15) is 0 Å². The zero-order valence-electron chi connectivity index (χ0n) is 15.4. The normalized spacial score (nSPS) is 12.9. The molecule has 1 aromatic heterocycles. The summed E-state index contributed by atoms with van der Waals surface area (Å²) in [5.41, 5.74) is -4.28. The molecule has 0 saturated heterocycles. The van der Waals surface area contributed by atoms with Crippen LogP contribution in [0, 0.1) is 6.92 Å². The van der Waals surface area contributed by atoms with Crippen molar-refractivity contribution < 1.29 is 25.8 Å². The average molecular weight is 493 g/mol. The minimum atomic E-state index is -5.70. The van der Waals surface area contributed by atoms with Crippen LogP contribution in [-0.4, -0.2) is 28.4 Å². The Kier molecular flexibility index (Phi) is 4.19. The van der Waals surface area contributed by atoms with Crippen molar-refractivity contribution in [3.8, 4) is 5.75 Å². The molecule has 5 rings (SSSR count). The predicted molar refractivity (Wildman–Crippen MR) is 114 cm³/mol. The molecule has 0 aliphatic heterocycles. The van der Waals surface area contributed by atoms with E-state index >= 15 is 0 Å². The summed E-state index contributed by atoms with van der Waals surface area (Å²) in [6.07, 6.45) is 0. The first-order valence-electron chi connectivity index (χ1n) is 8.93. The monoisotopic (exact) mass is 494 g/mol. The molecule has 0 radical (unpaired) electrons. The van der Waals surface area contributed by atoms with Crippen LogP contribution >= 0.6 is 0 Å². The molecule has 30 heavy (non-hydrogen) atoms. The van der Waals surface area contributed by atoms with E-state index in [4.69, 9.17) is 0 Å². The van der Waals surface area contributed by atoms with E-state index in [0.717, 1.165) is 15.0 Å². The van der Waals surface area contributed by atoms with Crippen LogP contribution in [0.2, 0.25) is 0 Å². The van der Waals surface area contributed by atoms with E-state index in [2.05, 4.69) is 41.4 Å². The molecular formula is C22H13F3O3SSe. The molecule has 5 aromatic rings. The molecule has 0 aliphatic carbocycles. The van der Waals surface area contributed by atoms with Crippen LogP contribution < -0.4 is 4.18 Å². The summed E-state index contributed by atoms with van der Waals surface area (Å²) in [4.78, 5) is 0. The first-order chi connectivity index (χ1) is 14.1. The average Bonchev–Trinajstić information content (AvgIpc) is 3.05. The molecule has 8 heteroatoms. The standard InChI is InChI=1S/C22H13F3O3SSe/c1-12-2-6-16-13(10-12)3-7-18-19-8-4-14-11-15(28-29(26,27)22(23,24)25)5-9-17(14)21(19)30-20(16)18/h2-11H,1H3. The molecule has 0 aliphatic rings. The second kappa shape index (κ2) is 6.48. The summed E-state index contributed by atoms with van der Waals surface area (Å²) < 4.78 is 67.1. The van der Waals surface area contributed by atoms with Crippen LogP contribution in [0.3, 0.4) is 0 Å². The summed E-state index contributed by atoms with van der Waals surface area (Å²) in [6, 6.07) is 18.6. The van der Waals surface area contributed by atoms with Gasteiger partial charge in [0.2, 0.25) is 0 Å². The van der Waals surface area contributed by atoms with Crippen LogP contribution in [0.4, 0.5) is 13.2 Å². The third-order valence-electron chi connectivity index (χ3n) is 5.05. The Morgan fingerprint density at radius 1 is 0.767 bits per heavy atom. The van der Waals surface area contributed by atoms with Gasteiger partial charge in [0.15, 0.2) is 0 Å². The van der Waals surface area contributed by atoms with Gasteiger partial charge in [0.05, 0.1) is 0 Å². The molecule has 4 aromatic carbocycles. The van der Waals surface area contributed by atoms with E-state index in [0.29, 0.717) is 5.39 Å². The van der Waals surface area contributed by atoms with E-state index < -0.39 is 15.6 Å². The number of fused-ring (bicyclic) bond motifs is 7. The predicted octanol–water partition coefficient (Wildman–Crippen LogP) is 5.89. The molecule has 0 fully saturated rings. The van der Waals surface area contributed by atoms with Crippen molar-refractivity contribution in [1.29, 1.82) is 0 Å². The van der Waals surface area contributed by atoms with Crippen LogP contribution in [0.25, 0.3) is 40.8 Å². The van der Waals surface area contributed by atoms with Crippen molar-refractivity contribution in [1.82, 2.24) is 0 Å². The Hall–Kier alpha value is -2.54. The summed E-state index contributed by atoms with van der Waals surface area (Å²) in [7, 11) is -5.70. The molecule has 0 spiro atoms. The topological polar surface area (TPSA) is 43.4 Å². The number of halogens is 3. The maximum absolute atomic E-state index is 12.6. The number of alkyl halides is 3. The molecule has 152 valence electrons. The van der Waals surface area contributed by atoms with Gasteiger partial charge in [0.25, 0.3) is 0 Å². The first-order valence-corrected chi connectivity index (χ1v) is 12.1. The second-order valence-corrected chi connectivity index (χ2v) is 10.8. The van der Waals surface area contributed by atoms with Crippen molar-refractivity contribution in [3.63, 3.8) is 0 Å². The number of aryl methyl sites for hydroxylation is 1. The van der Waals surface area contributed by atoms with Crippen LogP contribution in [0.1, 0.15) is 5.56 Å². The van der Waals surface area contributed by atoms with Crippen molar-refractivity contribution >= 4 is 65.5 Å². The summed E-state index contributed by atoms with van der Waals surface area (Å²) in [5.74, 6) is -0.358. The van der Waals surface area contributed by atoms with E-state index in [1.54, 1.807) is 12.1 Å². The van der Waals surface area contributed by atoms with E-state index in [1.807, 2.05) is 6.07 Å². The Balaban J connectivity index is 1.71. The number of hydrogen-bond acceptors (Lipinski definition) is 3. The fraction of sp³-hybridized carbons (Fsp3) is 0.0909. The van der Waals surface area contributed by atoms with E-state index in [-0.39, 0.29) is 20.3 Å². The molecule has 0 N–H and O–H groups in total. The van der Waals surface area contributed by atoms with Gasteiger partial charge >= 0.3 is 176 Å². The minimum absolute atomic E-state index is 0.0133. The summed E-state index contributed by atoms with van der Waals surface area (Å²) in [5, 5.41) is 6.19. The van der Waals surface area contributed by atoms with Crippen molar-refractivity contribution in [2.24, 2.45) is 0 Å². The third kappa shape index (κ3) is 2.98. The third-order valence-corrected chi connectivity index (χ3v) is 8.73. The Morgan fingerprint density at radius 3 is 1.90 bits per heavy atom. The Labute approximate surface area is 175 Å². The molecular weight excluding hydrogens is 480 g/mol. The van der Waals surface area contributed by atoms with Crippen molar-refractivity contribution in [3.05, 3.63) is 66.2 Å². The molecule has 0 amide bonds. The van der Waals surface area contributed by atoms with Crippen LogP contribution in [0.5, 0.6) is 5.75 Å². The van der Waals surface area contributed by atoms with E-state index in [1.165, 1.54) is 38.1 Å². The molecule has 1 heterocycles. The summed E-state index contributed by atoms with van der Waals surface area (Å²) in [6.45, 7) is 2.05. The molecule has 0 unspecified atom stereocenters. The molecule has 0 atom stereocenters. The fourth-order valence-corrected chi connectivity index (χ4v) is 7.00. The van der Waals surface area contributed by atoms with Gasteiger partial charge in [-0.15, -0.1) is 0 Å². The van der Waals surface area contributed by atoms with Crippen LogP contribution in [-0.2, 0) is 10.1 Å². The number of rotatable bonds is 2. The molecule has 0 saturated carbocycles. The quantitative estimate of drug-likeness (QED) is 0.175.